The highest BCUT2D eigenvalue weighted by Crippen LogP contribution is 2.21. The number of hydrogen-bond donors (Lipinski definition) is 0. The third kappa shape index (κ3) is 1.92. The van der Waals surface area contributed by atoms with Gasteiger partial charge in [0.2, 0.25) is 0 Å². The number of nitrogens with zero attached hydrogens (tertiary/aromatic N) is 3. The molecule has 0 saturated heterocycles. The Kier molecular flexibility index (Phi) is 3.20. The van der Waals surface area contributed by atoms with Crippen LogP contribution in [-0.4, -0.2) is 40.8 Å². The minimum absolute atomic E-state index is 0.0723. The molecular weight excluding hydrogens is 250 g/mol. The second-order valence-corrected chi connectivity index (χ2v) is 3.95. The number of methoxy groups -OCH3 is 2. The van der Waals surface area contributed by atoms with E-state index < -0.39 is 11.9 Å². The van der Waals surface area contributed by atoms with Crippen LogP contribution in [0.1, 0.15) is 32.2 Å². The smallest absolute Gasteiger partial charge is 0.359 e. The van der Waals surface area contributed by atoms with Crippen LogP contribution in [0, 0.1) is 13.8 Å². The maximum atomic E-state index is 11.9. The molecule has 0 amide bonds. The van der Waals surface area contributed by atoms with Crippen molar-refractivity contribution in [1.82, 2.24) is 14.6 Å². The quantitative estimate of drug-likeness (QED) is 0.749. The first kappa shape index (κ1) is 13.0. The minimum Gasteiger partial charge on any atom is -0.465 e. The normalized spacial score (nSPS) is 10.5. The van der Waals surface area contributed by atoms with Crippen molar-refractivity contribution in [2.45, 2.75) is 13.8 Å². The molecular formula is C12H13N3O4. The molecule has 0 bridgehead atoms. The Morgan fingerprint density at radius 2 is 1.79 bits per heavy atom. The van der Waals surface area contributed by atoms with Crippen LogP contribution in [-0.2, 0) is 9.47 Å². The summed E-state index contributed by atoms with van der Waals surface area (Å²) in [6.45, 7) is 3.50. The standard InChI is InChI=1S/C12H13N3O4/c1-6-5-13-7(2)10-8(11(16)18-3)9(12(17)19-4)14-15(6)10/h5H,1-4H3. The number of ether oxygens (including phenoxy) is 2. The Hall–Kier alpha value is -2.44. The monoisotopic (exact) mass is 263 g/mol. The van der Waals surface area contributed by atoms with E-state index >= 15 is 0 Å². The van der Waals surface area contributed by atoms with E-state index in [2.05, 4.69) is 14.8 Å². The van der Waals surface area contributed by atoms with Gasteiger partial charge >= 0.3 is 11.9 Å². The van der Waals surface area contributed by atoms with Crippen molar-refractivity contribution in [2.24, 2.45) is 0 Å². The van der Waals surface area contributed by atoms with Crippen LogP contribution < -0.4 is 0 Å². The summed E-state index contributed by atoms with van der Waals surface area (Å²) in [5, 5.41) is 4.11. The fourth-order valence-corrected chi connectivity index (χ4v) is 1.85. The summed E-state index contributed by atoms with van der Waals surface area (Å²) >= 11 is 0. The maximum Gasteiger partial charge on any atom is 0.359 e. The highest BCUT2D eigenvalue weighted by atomic mass is 16.5. The molecule has 0 fully saturated rings. The lowest BCUT2D eigenvalue weighted by Crippen LogP contribution is -2.10. The van der Waals surface area contributed by atoms with Crippen molar-refractivity contribution >= 4 is 17.5 Å². The minimum atomic E-state index is -0.692. The third-order valence-corrected chi connectivity index (χ3v) is 2.78. The predicted molar refractivity (Wildman–Crippen MR) is 65.1 cm³/mol. The molecule has 0 aromatic carbocycles. The van der Waals surface area contributed by atoms with Crippen LogP contribution in [0.2, 0.25) is 0 Å². The van der Waals surface area contributed by atoms with Crippen LogP contribution in [0.5, 0.6) is 0 Å². The molecule has 0 radical (unpaired) electrons. The number of rotatable bonds is 2. The maximum absolute atomic E-state index is 11.9. The lowest BCUT2D eigenvalue weighted by molar-refractivity contribution is 0.0553. The van der Waals surface area contributed by atoms with Gasteiger partial charge in [0.15, 0.2) is 5.69 Å². The number of hydrogen-bond acceptors (Lipinski definition) is 6. The van der Waals surface area contributed by atoms with Crippen LogP contribution in [0.15, 0.2) is 6.20 Å². The molecule has 0 saturated carbocycles. The van der Waals surface area contributed by atoms with Gasteiger partial charge in [-0.2, -0.15) is 5.10 Å². The van der Waals surface area contributed by atoms with Gasteiger partial charge in [-0.05, 0) is 13.8 Å². The van der Waals surface area contributed by atoms with Crippen molar-refractivity contribution in [3.8, 4) is 0 Å². The summed E-state index contributed by atoms with van der Waals surface area (Å²) in [5.41, 5.74) is 1.72. The van der Waals surface area contributed by atoms with E-state index in [1.807, 2.05) is 0 Å². The number of fused-ring (bicyclic) bond motifs is 1. The molecule has 2 aromatic rings. The number of esters is 2. The Morgan fingerprint density at radius 1 is 1.16 bits per heavy atom. The van der Waals surface area contributed by atoms with Crippen LogP contribution in [0.3, 0.4) is 0 Å². The van der Waals surface area contributed by atoms with Crippen molar-refractivity contribution in [3.05, 3.63) is 28.8 Å². The van der Waals surface area contributed by atoms with E-state index in [0.717, 1.165) is 0 Å². The average Bonchev–Trinajstić information content (AvgIpc) is 2.82. The van der Waals surface area contributed by atoms with Crippen molar-refractivity contribution in [1.29, 1.82) is 0 Å². The van der Waals surface area contributed by atoms with Gasteiger partial charge in [-0.25, -0.2) is 14.1 Å². The van der Waals surface area contributed by atoms with Gasteiger partial charge in [0.1, 0.15) is 11.1 Å². The van der Waals surface area contributed by atoms with Crippen molar-refractivity contribution in [3.63, 3.8) is 0 Å². The van der Waals surface area contributed by atoms with E-state index in [1.54, 1.807) is 20.0 Å². The summed E-state index contributed by atoms with van der Waals surface area (Å²) in [6, 6.07) is 0. The molecule has 0 N–H and O–H groups in total. The van der Waals surface area contributed by atoms with Crippen molar-refractivity contribution < 1.29 is 19.1 Å². The van der Waals surface area contributed by atoms with Gasteiger partial charge in [0.25, 0.3) is 0 Å². The zero-order valence-electron chi connectivity index (χ0n) is 11.1. The first-order chi connectivity index (χ1) is 9.01. The van der Waals surface area contributed by atoms with E-state index in [4.69, 9.17) is 4.74 Å². The van der Waals surface area contributed by atoms with Crippen molar-refractivity contribution in [2.75, 3.05) is 14.2 Å². The fourth-order valence-electron chi connectivity index (χ4n) is 1.85. The molecule has 7 heteroatoms. The van der Waals surface area contributed by atoms with Gasteiger partial charge in [-0.15, -0.1) is 0 Å². The largest absolute Gasteiger partial charge is 0.465 e. The number of aryl methyl sites for hydroxylation is 2. The molecule has 100 valence electrons. The molecule has 0 unspecified atom stereocenters. The fraction of sp³-hybridized carbons (Fsp3) is 0.333. The Morgan fingerprint density at radius 3 is 2.37 bits per heavy atom. The molecule has 0 spiro atoms. The average molecular weight is 263 g/mol. The van der Waals surface area contributed by atoms with Gasteiger partial charge in [0, 0.05) is 6.20 Å². The van der Waals surface area contributed by atoms with E-state index in [9.17, 15) is 9.59 Å². The molecule has 7 nitrogen and oxygen atoms in total. The van der Waals surface area contributed by atoms with Crippen LogP contribution in [0.4, 0.5) is 0 Å². The summed E-state index contributed by atoms with van der Waals surface area (Å²) < 4.78 is 10.8. The Labute approximate surface area is 109 Å². The topological polar surface area (TPSA) is 82.8 Å². The zero-order valence-corrected chi connectivity index (χ0v) is 11.1. The first-order valence-electron chi connectivity index (χ1n) is 5.52. The highest BCUT2D eigenvalue weighted by molar-refractivity contribution is 6.07. The Balaban J connectivity index is 2.89. The summed E-state index contributed by atoms with van der Waals surface area (Å²) in [5.74, 6) is -1.34. The van der Waals surface area contributed by atoms with Crippen LogP contribution >= 0.6 is 0 Å². The third-order valence-electron chi connectivity index (χ3n) is 2.78. The lowest BCUT2D eigenvalue weighted by atomic mass is 10.2. The van der Waals surface area contributed by atoms with Gasteiger partial charge in [-0.1, -0.05) is 0 Å². The molecule has 0 aliphatic rings. The number of carbonyl (C=O) groups is 2. The molecule has 0 atom stereocenters. The number of carbonyl (C=O) groups excluding carboxylic acids is 2. The molecule has 0 aliphatic heterocycles. The van der Waals surface area contributed by atoms with Gasteiger partial charge in [0.05, 0.1) is 25.6 Å². The van der Waals surface area contributed by atoms with E-state index in [-0.39, 0.29) is 11.3 Å². The molecule has 2 aromatic heterocycles. The zero-order chi connectivity index (χ0) is 14.2. The summed E-state index contributed by atoms with van der Waals surface area (Å²) in [4.78, 5) is 27.8. The van der Waals surface area contributed by atoms with Crippen LogP contribution in [0.25, 0.3) is 5.52 Å². The molecule has 2 heterocycles. The molecule has 19 heavy (non-hydrogen) atoms. The first-order valence-corrected chi connectivity index (χ1v) is 5.52. The second kappa shape index (κ2) is 4.68. The summed E-state index contributed by atoms with van der Waals surface area (Å²) in [6.07, 6.45) is 1.61. The van der Waals surface area contributed by atoms with Gasteiger partial charge in [-0.3, -0.25) is 4.98 Å². The Bertz CT molecular complexity index is 675. The molecule has 0 aliphatic carbocycles. The summed E-state index contributed by atoms with van der Waals surface area (Å²) in [7, 11) is 2.47. The highest BCUT2D eigenvalue weighted by Gasteiger charge is 2.28. The van der Waals surface area contributed by atoms with E-state index in [1.165, 1.54) is 18.7 Å². The molecule has 2 rings (SSSR count). The number of aromatic nitrogens is 3. The van der Waals surface area contributed by atoms with E-state index in [0.29, 0.717) is 16.9 Å². The second-order valence-electron chi connectivity index (χ2n) is 3.95. The predicted octanol–water partition coefficient (Wildman–Crippen LogP) is 0.919. The SMILES string of the molecule is COC(=O)c1nn2c(C)cnc(C)c2c1C(=O)OC. The lowest BCUT2D eigenvalue weighted by Gasteiger charge is -2.03. The van der Waals surface area contributed by atoms with Gasteiger partial charge < -0.3 is 9.47 Å².